The van der Waals surface area contributed by atoms with Crippen LogP contribution in [0.3, 0.4) is 0 Å². The largest absolute Gasteiger partial charge is 0.508 e. The van der Waals surface area contributed by atoms with Gasteiger partial charge in [0.05, 0.1) is 39.2 Å². The van der Waals surface area contributed by atoms with Crippen molar-refractivity contribution in [3.63, 3.8) is 0 Å². The lowest BCUT2D eigenvalue weighted by atomic mass is 9.86. The molecule has 76 heavy (non-hydrogen) atoms. The quantitative estimate of drug-likeness (QED) is 0.0749. The third kappa shape index (κ3) is 11.9. The monoisotopic (exact) mass is 1090 g/mol. The summed E-state index contributed by atoms with van der Waals surface area (Å²) in [5.74, 6) is -10.3. The van der Waals surface area contributed by atoms with Crippen molar-refractivity contribution in [3.8, 4) is 0 Å². The Labute approximate surface area is 440 Å². The number of nitrogens with zero attached hydrogens (tertiary/aromatic N) is 2. The molecule has 26 heteroatoms. The zero-order valence-corrected chi connectivity index (χ0v) is 45.4. The third-order valence-electron chi connectivity index (χ3n) is 14.7. The molecule has 420 valence electrons. The van der Waals surface area contributed by atoms with Gasteiger partial charge in [0.25, 0.3) is 17.5 Å². The van der Waals surface area contributed by atoms with Crippen LogP contribution in [0.25, 0.3) is 0 Å². The molecule has 0 bridgehead atoms. The van der Waals surface area contributed by atoms with Gasteiger partial charge in [0.2, 0.25) is 5.91 Å². The van der Waals surface area contributed by atoms with Crippen LogP contribution < -0.4 is 0 Å². The minimum atomic E-state index is -2.84. The number of esters is 3. The van der Waals surface area contributed by atoms with E-state index in [1.54, 1.807) is 12.1 Å². The molecule has 4 unspecified atom stereocenters. The second kappa shape index (κ2) is 23.3. The highest BCUT2D eigenvalue weighted by Crippen LogP contribution is 2.47. The first-order valence-electron chi connectivity index (χ1n) is 25.4. The smallest absolute Gasteiger partial charge is 0.465 e. The molecule has 0 aliphatic carbocycles. The molecular weight excluding hydrogens is 1020 g/mol. The summed E-state index contributed by atoms with van der Waals surface area (Å²) in [6.45, 7) is 12.4. The summed E-state index contributed by atoms with van der Waals surface area (Å²) in [6.07, 6.45) is -14.0. The Balaban J connectivity index is 1.28. The predicted molar refractivity (Wildman–Crippen MR) is 256 cm³/mol. The number of aryl methyl sites for hydroxylation is 1. The lowest BCUT2D eigenvalue weighted by molar-refractivity contribution is -0.351. The lowest BCUT2D eigenvalue weighted by Gasteiger charge is -2.51. The maximum absolute atomic E-state index is 14.6. The highest BCUT2D eigenvalue weighted by molar-refractivity contribution is 6.74. The Morgan fingerprint density at radius 3 is 1.79 bits per heavy atom. The van der Waals surface area contributed by atoms with Crippen LogP contribution in [0, 0.1) is 6.92 Å². The lowest BCUT2D eigenvalue weighted by Crippen LogP contribution is -2.71. The van der Waals surface area contributed by atoms with Crippen molar-refractivity contribution < 1.29 is 109 Å². The molecule has 6 aliphatic rings. The molecule has 25 nitrogen and oxygen atoms in total. The van der Waals surface area contributed by atoms with Gasteiger partial charge in [-0.15, -0.1) is 0 Å². The fourth-order valence-electron chi connectivity index (χ4n) is 9.89. The molecule has 6 aliphatic heterocycles. The van der Waals surface area contributed by atoms with Crippen LogP contribution in [0.4, 0.5) is 19.2 Å². The average molecular weight is 1090 g/mol. The molecule has 4 amide bonds. The number of hydrogen-bond acceptors (Lipinski definition) is 23. The Morgan fingerprint density at radius 1 is 0.697 bits per heavy atom. The van der Waals surface area contributed by atoms with Gasteiger partial charge >= 0.3 is 42.4 Å². The average Bonchev–Trinajstić information content (AvgIpc) is 3.96. The van der Waals surface area contributed by atoms with Gasteiger partial charge in [-0.05, 0) is 43.6 Å². The van der Waals surface area contributed by atoms with E-state index in [0.29, 0.717) is 11.3 Å². The van der Waals surface area contributed by atoms with Gasteiger partial charge in [-0.25, -0.2) is 43.4 Å². The van der Waals surface area contributed by atoms with Gasteiger partial charge in [-0.2, -0.15) is 0 Å². The molecule has 1 aromatic rings. The summed E-state index contributed by atoms with van der Waals surface area (Å²) in [6, 6.07) is 3.29. The molecular formula is C50H68N2O23Si. The first kappa shape index (κ1) is 57.8. The SMILES string of the molecule is CCCCCCCCO[C@]1(C(=O)OC)C[C@@H]2OC(=O)N(C(C)=O)[C@H]2[C@H](C2OC(=O)OCC2OC2(C(=O)OC)C[C@@H]3OC(=O)N(C(=O)COC(=O)c4ccc(C)cc4)[C@H]3[C@H]([C@H]3OC(=O)OCC3O[Si](C)(C)C(C)(C)C)O2)O1. The Hall–Kier alpha value is -5.93. The van der Waals surface area contributed by atoms with Gasteiger partial charge in [-0.1, -0.05) is 77.5 Å². The number of fused-ring (bicyclic) bond motifs is 2. The van der Waals surface area contributed by atoms with Crippen LogP contribution >= 0.6 is 0 Å². The summed E-state index contributed by atoms with van der Waals surface area (Å²) < 4.78 is 82.4. The summed E-state index contributed by atoms with van der Waals surface area (Å²) in [7, 11) is -0.780. The van der Waals surface area contributed by atoms with Crippen LogP contribution in [-0.2, 0) is 85.2 Å². The highest BCUT2D eigenvalue weighted by atomic mass is 28.4. The highest BCUT2D eigenvalue weighted by Gasteiger charge is 2.69. The summed E-state index contributed by atoms with van der Waals surface area (Å²) >= 11 is 0. The number of ether oxygens (including phenoxy) is 13. The molecule has 6 saturated heterocycles. The number of methoxy groups -OCH3 is 2. The fourth-order valence-corrected chi connectivity index (χ4v) is 11.2. The van der Waals surface area contributed by atoms with Gasteiger partial charge in [0.1, 0.15) is 61.9 Å². The van der Waals surface area contributed by atoms with E-state index in [4.69, 9.17) is 66.0 Å². The van der Waals surface area contributed by atoms with Crippen molar-refractivity contribution in [1.29, 1.82) is 0 Å². The topological polar surface area (TPSA) is 289 Å². The zero-order chi connectivity index (χ0) is 55.5. The molecule has 1 aromatic carbocycles. The van der Waals surface area contributed by atoms with E-state index in [-0.39, 0.29) is 12.2 Å². The number of amides is 4. The number of carbonyl (C=O) groups is 9. The van der Waals surface area contributed by atoms with Crippen LogP contribution in [0.15, 0.2) is 24.3 Å². The van der Waals surface area contributed by atoms with Crippen molar-refractivity contribution in [2.24, 2.45) is 0 Å². The van der Waals surface area contributed by atoms with Gasteiger partial charge in [0, 0.05) is 6.92 Å². The maximum Gasteiger partial charge on any atom is 0.508 e. The fraction of sp³-hybridized carbons (Fsp3) is 0.700. The first-order chi connectivity index (χ1) is 35.9. The molecule has 0 N–H and O–H groups in total. The van der Waals surface area contributed by atoms with E-state index in [2.05, 4.69) is 6.92 Å². The molecule has 0 saturated carbocycles. The van der Waals surface area contributed by atoms with Crippen molar-refractivity contribution in [1.82, 2.24) is 9.80 Å². The van der Waals surface area contributed by atoms with Crippen LogP contribution in [0.1, 0.15) is 102 Å². The van der Waals surface area contributed by atoms with E-state index in [1.807, 2.05) is 40.8 Å². The number of carbonyl (C=O) groups excluding carboxylic acids is 9. The number of rotatable bonds is 19. The summed E-state index contributed by atoms with van der Waals surface area (Å²) in [5, 5.41) is -0.449. The first-order valence-corrected chi connectivity index (χ1v) is 28.3. The van der Waals surface area contributed by atoms with E-state index in [9.17, 15) is 43.2 Å². The van der Waals surface area contributed by atoms with E-state index in [1.165, 1.54) is 12.1 Å². The molecule has 12 atom stereocenters. The van der Waals surface area contributed by atoms with Crippen molar-refractivity contribution in [2.45, 2.75) is 184 Å². The Morgan fingerprint density at radius 2 is 1.21 bits per heavy atom. The number of unbranched alkanes of at least 4 members (excludes halogenated alkanes) is 5. The Bertz CT molecular complexity index is 2380. The van der Waals surface area contributed by atoms with Crippen molar-refractivity contribution in [2.75, 3.05) is 40.6 Å². The maximum atomic E-state index is 14.6. The number of cyclic esters (lactones) is 4. The van der Waals surface area contributed by atoms with Crippen molar-refractivity contribution in [3.05, 3.63) is 35.4 Å². The molecule has 0 radical (unpaired) electrons. The van der Waals surface area contributed by atoms with Crippen LogP contribution in [-0.4, -0.2) is 185 Å². The second-order valence-corrected chi connectivity index (χ2v) is 25.7. The normalized spacial score (nSPS) is 31.3. The minimum absolute atomic E-state index is 0.0449. The molecule has 0 spiro atoms. The van der Waals surface area contributed by atoms with Crippen LogP contribution in [0.2, 0.25) is 18.1 Å². The van der Waals surface area contributed by atoms with Gasteiger partial charge in [0.15, 0.2) is 27.1 Å². The summed E-state index contributed by atoms with van der Waals surface area (Å²) in [4.78, 5) is 124. The zero-order valence-electron chi connectivity index (χ0n) is 44.4. The molecule has 6 fully saturated rings. The van der Waals surface area contributed by atoms with Gasteiger partial charge in [-0.3, -0.25) is 9.59 Å². The van der Waals surface area contributed by atoms with Crippen molar-refractivity contribution >= 4 is 62.5 Å². The second-order valence-electron chi connectivity index (χ2n) is 21.0. The number of benzene rings is 1. The number of imide groups is 2. The minimum Gasteiger partial charge on any atom is -0.465 e. The third-order valence-corrected chi connectivity index (χ3v) is 19.2. The standard InChI is InChI=1S/C50H68N2O23Si/c1-11-12-13-14-15-16-21-67-49(42(56)62-7)22-30-35(51(28(3)53)44(58)68-30)39(73-49)37-32(24-65-46(60)70-37)72-50(43(57)63-8)23-31-36(40(74-50)38-33(25-66-47(61)71-38)75-76(9,10)48(4,5)6)52(45(59)69-31)34(54)26-64-41(55)29-19-17-27(2)18-20-29/h17-20,30-33,35-40H,11-16,21-26H2,1-10H3/t30-,31-,32?,33?,35+,36+,37?,38-,39+,40+,49+,50?/m0/s1. The molecule has 6 heterocycles. The molecule has 0 aromatic heterocycles. The predicted octanol–water partition coefficient (Wildman–Crippen LogP) is 5.14. The molecule has 7 rings (SSSR count). The van der Waals surface area contributed by atoms with E-state index in [0.717, 1.165) is 63.7 Å². The number of hydrogen-bond donors (Lipinski definition) is 0. The van der Waals surface area contributed by atoms with E-state index < -0.39 is 173 Å². The van der Waals surface area contributed by atoms with Crippen LogP contribution in [0.5, 0.6) is 0 Å². The summed E-state index contributed by atoms with van der Waals surface area (Å²) in [5.41, 5.74) is 0.965. The Kier molecular flexibility index (Phi) is 17.7. The van der Waals surface area contributed by atoms with E-state index >= 15 is 0 Å². The van der Waals surface area contributed by atoms with Gasteiger partial charge < -0.3 is 66.0 Å².